The van der Waals surface area contributed by atoms with Crippen LogP contribution in [0.2, 0.25) is 0 Å². The lowest BCUT2D eigenvalue weighted by Crippen LogP contribution is -2.12. The molecule has 2 rings (SSSR count). The molecule has 1 atom stereocenters. The van der Waals surface area contributed by atoms with Gasteiger partial charge in [-0.25, -0.2) is 0 Å². The molecule has 1 aromatic heterocycles. The molecule has 1 unspecified atom stereocenters. The zero-order valence-electron chi connectivity index (χ0n) is 8.14. The monoisotopic (exact) mass is 198 g/mol. The maximum atomic E-state index is 9.62. The Morgan fingerprint density at radius 2 is 2.43 bits per heavy atom. The van der Waals surface area contributed by atoms with Crippen LogP contribution in [0.3, 0.4) is 0 Å². The number of aromatic nitrogens is 2. The second-order valence-electron chi connectivity index (χ2n) is 3.65. The Balaban J connectivity index is 1.88. The fraction of sp³-hybridized carbons (Fsp3) is 0.778. The molecule has 1 aliphatic carbocycles. The largest absolute Gasteiger partial charge is 0.392 e. The van der Waals surface area contributed by atoms with Crippen molar-refractivity contribution in [1.82, 2.24) is 10.1 Å². The molecule has 1 aliphatic rings. The van der Waals surface area contributed by atoms with E-state index >= 15 is 0 Å². The van der Waals surface area contributed by atoms with E-state index in [1.54, 1.807) is 7.11 Å². The highest BCUT2D eigenvalue weighted by Crippen LogP contribution is 2.33. The number of methoxy groups -OCH3 is 1. The molecule has 0 amide bonds. The van der Waals surface area contributed by atoms with Gasteiger partial charge in [0.15, 0.2) is 5.82 Å². The van der Waals surface area contributed by atoms with Crippen LogP contribution in [0, 0.1) is 5.92 Å². The first-order valence-electron chi connectivity index (χ1n) is 4.78. The van der Waals surface area contributed by atoms with E-state index in [1.165, 1.54) is 0 Å². The molecule has 0 spiro atoms. The molecule has 1 fully saturated rings. The van der Waals surface area contributed by atoms with Gasteiger partial charge in [-0.15, -0.1) is 0 Å². The average Bonchev–Trinajstić information content (AvgIpc) is 2.92. The molecule has 0 bridgehead atoms. The second-order valence-corrected chi connectivity index (χ2v) is 3.65. The van der Waals surface area contributed by atoms with E-state index in [4.69, 9.17) is 9.26 Å². The molecule has 5 nitrogen and oxygen atoms in total. The Kier molecular flexibility index (Phi) is 2.79. The number of aliphatic hydroxyl groups is 1. The van der Waals surface area contributed by atoms with E-state index in [0.29, 0.717) is 30.7 Å². The zero-order chi connectivity index (χ0) is 9.97. The number of aliphatic hydroxyl groups excluding tert-OH is 1. The van der Waals surface area contributed by atoms with Crippen LogP contribution in [0.15, 0.2) is 4.52 Å². The predicted octanol–water partition coefficient (Wildman–Crippen LogP) is 0.529. The standard InChI is InChI=1S/C9H14N2O3/c1-13-5-8-10-9(14-11-8)4-7(12)6-2-3-6/h6-7,12H,2-5H2,1H3. The summed E-state index contributed by atoms with van der Waals surface area (Å²) in [6.07, 6.45) is 2.35. The van der Waals surface area contributed by atoms with Gasteiger partial charge in [0.05, 0.1) is 12.5 Å². The van der Waals surface area contributed by atoms with Gasteiger partial charge in [0, 0.05) is 7.11 Å². The molecule has 0 aliphatic heterocycles. The van der Waals surface area contributed by atoms with Crippen LogP contribution in [-0.2, 0) is 17.8 Å². The summed E-state index contributed by atoms with van der Waals surface area (Å²) in [4.78, 5) is 4.09. The Hall–Kier alpha value is -0.940. The van der Waals surface area contributed by atoms with Crippen molar-refractivity contribution in [2.24, 2.45) is 5.92 Å². The van der Waals surface area contributed by atoms with E-state index in [9.17, 15) is 5.11 Å². The highest BCUT2D eigenvalue weighted by molar-refractivity contribution is 4.91. The van der Waals surface area contributed by atoms with Gasteiger partial charge in [-0.2, -0.15) is 4.98 Å². The van der Waals surface area contributed by atoms with E-state index in [0.717, 1.165) is 12.8 Å². The molecule has 0 radical (unpaired) electrons. The van der Waals surface area contributed by atoms with Crippen molar-refractivity contribution in [2.75, 3.05) is 7.11 Å². The van der Waals surface area contributed by atoms with Crippen LogP contribution in [0.4, 0.5) is 0 Å². The molecule has 0 aromatic carbocycles. The van der Waals surface area contributed by atoms with Crippen molar-refractivity contribution >= 4 is 0 Å². The highest BCUT2D eigenvalue weighted by atomic mass is 16.5. The van der Waals surface area contributed by atoms with E-state index in [1.807, 2.05) is 0 Å². The van der Waals surface area contributed by atoms with Gasteiger partial charge in [0.1, 0.15) is 6.61 Å². The Labute approximate surface area is 82.1 Å². The predicted molar refractivity (Wildman–Crippen MR) is 47.4 cm³/mol. The first-order chi connectivity index (χ1) is 6.79. The maximum Gasteiger partial charge on any atom is 0.229 e. The topological polar surface area (TPSA) is 68.4 Å². The third kappa shape index (κ3) is 2.30. The third-order valence-corrected chi connectivity index (χ3v) is 2.33. The number of ether oxygens (including phenoxy) is 1. The molecule has 1 N–H and O–H groups in total. The van der Waals surface area contributed by atoms with Crippen LogP contribution >= 0.6 is 0 Å². The summed E-state index contributed by atoms with van der Waals surface area (Å²) >= 11 is 0. The molecule has 1 heterocycles. The smallest absolute Gasteiger partial charge is 0.229 e. The SMILES string of the molecule is COCc1noc(CC(O)C2CC2)n1. The van der Waals surface area contributed by atoms with Gasteiger partial charge in [0.2, 0.25) is 5.89 Å². The van der Waals surface area contributed by atoms with E-state index in [-0.39, 0.29) is 6.10 Å². The summed E-state index contributed by atoms with van der Waals surface area (Å²) in [5, 5.41) is 13.3. The maximum absolute atomic E-state index is 9.62. The van der Waals surface area contributed by atoms with Crippen molar-refractivity contribution in [3.05, 3.63) is 11.7 Å². The normalized spacial score (nSPS) is 18.4. The van der Waals surface area contributed by atoms with Crippen LogP contribution in [-0.4, -0.2) is 28.5 Å². The molecule has 1 saturated carbocycles. The van der Waals surface area contributed by atoms with Gasteiger partial charge in [0.25, 0.3) is 0 Å². The van der Waals surface area contributed by atoms with Crippen molar-refractivity contribution in [2.45, 2.75) is 32.0 Å². The molecule has 1 aromatic rings. The van der Waals surface area contributed by atoms with Crippen LogP contribution in [0.1, 0.15) is 24.6 Å². The number of rotatable bonds is 5. The van der Waals surface area contributed by atoms with Gasteiger partial charge < -0.3 is 14.4 Å². The average molecular weight is 198 g/mol. The Bertz CT molecular complexity index is 296. The molecule has 14 heavy (non-hydrogen) atoms. The fourth-order valence-corrected chi connectivity index (χ4v) is 1.39. The molecule has 0 saturated heterocycles. The fourth-order valence-electron chi connectivity index (χ4n) is 1.39. The molecule has 5 heteroatoms. The minimum absolute atomic E-state index is 0.328. The van der Waals surface area contributed by atoms with E-state index < -0.39 is 0 Å². The zero-order valence-corrected chi connectivity index (χ0v) is 8.14. The van der Waals surface area contributed by atoms with Gasteiger partial charge in [-0.05, 0) is 18.8 Å². The quantitative estimate of drug-likeness (QED) is 0.747. The minimum atomic E-state index is -0.328. The summed E-state index contributed by atoms with van der Waals surface area (Å²) < 4.78 is 9.82. The molecular weight excluding hydrogens is 184 g/mol. The van der Waals surface area contributed by atoms with Crippen molar-refractivity contribution in [1.29, 1.82) is 0 Å². The summed E-state index contributed by atoms with van der Waals surface area (Å²) in [6.45, 7) is 0.350. The summed E-state index contributed by atoms with van der Waals surface area (Å²) in [5.41, 5.74) is 0. The number of hydrogen-bond donors (Lipinski definition) is 1. The summed E-state index contributed by atoms with van der Waals surface area (Å²) in [7, 11) is 1.58. The molecule has 78 valence electrons. The van der Waals surface area contributed by atoms with Crippen LogP contribution in [0.25, 0.3) is 0 Å². The number of hydrogen-bond acceptors (Lipinski definition) is 5. The molecular formula is C9H14N2O3. The van der Waals surface area contributed by atoms with Gasteiger partial charge in [-0.1, -0.05) is 5.16 Å². The van der Waals surface area contributed by atoms with Crippen molar-refractivity contribution in [3.63, 3.8) is 0 Å². The van der Waals surface area contributed by atoms with Crippen LogP contribution in [0.5, 0.6) is 0 Å². The third-order valence-electron chi connectivity index (χ3n) is 2.33. The summed E-state index contributed by atoms with van der Waals surface area (Å²) in [5.74, 6) is 1.47. The van der Waals surface area contributed by atoms with Crippen molar-refractivity contribution in [3.8, 4) is 0 Å². The van der Waals surface area contributed by atoms with Gasteiger partial charge in [-0.3, -0.25) is 0 Å². The lowest BCUT2D eigenvalue weighted by molar-refractivity contribution is 0.140. The minimum Gasteiger partial charge on any atom is -0.392 e. The van der Waals surface area contributed by atoms with Crippen LogP contribution < -0.4 is 0 Å². The lowest BCUT2D eigenvalue weighted by atomic mass is 10.2. The first-order valence-corrected chi connectivity index (χ1v) is 4.78. The Morgan fingerprint density at radius 1 is 1.64 bits per heavy atom. The highest BCUT2D eigenvalue weighted by Gasteiger charge is 2.30. The second kappa shape index (κ2) is 4.06. The summed E-state index contributed by atoms with van der Waals surface area (Å²) in [6, 6.07) is 0. The lowest BCUT2D eigenvalue weighted by Gasteiger charge is -2.03. The Morgan fingerprint density at radius 3 is 3.07 bits per heavy atom. The first kappa shape index (κ1) is 9.61. The number of nitrogens with zero attached hydrogens (tertiary/aromatic N) is 2. The van der Waals surface area contributed by atoms with Crippen molar-refractivity contribution < 1.29 is 14.4 Å². The van der Waals surface area contributed by atoms with Gasteiger partial charge >= 0.3 is 0 Å². The van der Waals surface area contributed by atoms with E-state index in [2.05, 4.69) is 10.1 Å².